The van der Waals surface area contributed by atoms with Crippen molar-refractivity contribution in [2.75, 3.05) is 0 Å². The minimum atomic E-state index is 0.862. The first-order chi connectivity index (χ1) is 4.33. The van der Waals surface area contributed by atoms with E-state index in [0.29, 0.717) is 0 Å². The molecule has 0 fully saturated rings. The van der Waals surface area contributed by atoms with Gasteiger partial charge in [0.05, 0.1) is 0 Å². The second-order valence-corrected chi connectivity index (χ2v) is 2.45. The number of aromatic nitrogens is 1. The van der Waals surface area contributed by atoms with Crippen molar-refractivity contribution in [3.8, 4) is 0 Å². The molecule has 9 heavy (non-hydrogen) atoms. The number of hydrogen-bond acceptors (Lipinski definition) is 3. The lowest BCUT2D eigenvalue weighted by atomic mass is 10.3. The summed E-state index contributed by atoms with van der Waals surface area (Å²) in [7, 11) is 0. The molecule has 0 atom stereocenters. The molecule has 0 spiro atoms. The summed E-state index contributed by atoms with van der Waals surface area (Å²) >= 11 is 1.17. The third kappa shape index (κ3) is 1.69. The van der Waals surface area contributed by atoms with E-state index in [9.17, 15) is 0 Å². The fourth-order valence-electron chi connectivity index (χ4n) is 0.524. The third-order valence-electron chi connectivity index (χ3n) is 1.00. The summed E-state index contributed by atoms with van der Waals surface area (Å²) in [5, 5.41) is 6.12. The summed E-state index contributed by atoms with van der Waals surface area (Å²) in [4.78, 5) is 4.03. The molecule has 1 heterocycles. The van der Waals surface area contributed by atoms with Gasteiger partial charge in [0.25, 0.3) is 0 Å². The van der Waals surface area contributed by atoms with E-state index in [1.807, 2.05) is 19.1 Å². The molecule has 0 aliphatic heterocycles. The lowest BCUT2D eigenvalue weighted by molar-refractivity contribution is 1.11. The average molecular weight is 140 g/mol. The van der Waals surface area contributed by atoms with E-state index in [4.69, 9.17) is 5.14 Å². The molecule has 0 aliphatic carbocycles. The molecule has 0 aliphatic rings. The molecule has 1 aromatic heterocycles. The van der Waals surface area contributed by atoms with Gasteiger partial charge in [0, 0.05) is 6.20 Å². The standard InChI is InChI=1S/C6H8N2S/c1-5-2-3-6(9-7)8-4-5/h2-4H,7H2,1H3. The maximum absolute atomic E-state index is 5.25. The van der Waals surface area contributed by atoms with Crippen LogP contribution in [0.1, 0.15) is 5.56 Å². The van der Waals surface area contributed by atoms with Gasteiger partial charge in [-0.1, -0.05) is 6.07 Å². The van der Waals surface area contributed by atoms with E-state index in [2.05, 4.69) is 4.98 Å². The van der Waals surface area contributed by atoms with Crippen LogP contribution < -0.4 is 5.14 Å². The molecule has 0 saturated heterocycles. The number of pyridine rings is 1. The summed E-state index contributed by atoms with van der Waals surface area (Å²) in [5.41, 5.74) is 1.16. The Bertz CT molecular complexity index is 183. The summed E-state index contributed by atoms with van der Waals surface area (Å²) in [6.07, 6.45) is 1.80. The molecule has 0 saturated carbocycles. The SMILES string of the molecule is Cc1ccc(SN)nc1. The molecule has 3 heteroatoms. The smallest absolute Gasteiger partial charge is 0.111 e. The van der Waals surface area contributed by atoms with Crippen LogP contribution in [0.25, 0.3) is 0 Å². The molecule has 0 aromatic carbocycles. The first kappa shape index (κ1) is 6.58. The van der Waals surface area contributed by atoms with Gasteiger partial charge in [0.1, 0.15) is 5.03 Å². The van der Waals surface area contributed by atoms with Crippen LogP contribution in [0.5, 0.6) is 0 Å². The number of nitrogens with two attached hydrogens (primary N) is 1. The molecule has 0 radical (unpaired) electrons. The van der Waals surface area contributed by atoms with Crippen molar-refractivity contribution >= 4 is 11.9 Å². The zero-order valence-corrected chi connectivity index (χ0v) is 5.98. The van der Waals surface area contributed by atoms with E-state index in [-0.39, 0.29) is 0 Å². The normalized spacial score (nSPS) is 9.56. The van der Waals surface area contributed by atoms with E-state index in [1.54, 1.807) is 6.20 Å². The maximum Gasteiger partial charge on any atom is 0.111 e. The highest BCUT2D eigenvalue weighted by Crippen LogP contribution is 2.06. The molecule has 2 N–H and O–H groups in total. The van der Waals surface area contributed by atoms with Crippen LogP contribution in [0, 0.1) is 6.92 Å². The topological polar surface area (TPSA) is 38.9 Å². The van der Waals surface area contributed by atoms with Crippen molar-refractivity contribution < 1.29 is 0 Å². The van der Waals surface area contributed by atoms with Crippen LogP contribution in [0.15, 0.2) is 23.4 Å². The van der Waals surface area contributed by atoms with E-state index in [0.717, 1.165) is 10.6 Å². The lowest BCUT2D eigenvalue weighted by Crippen LogP contribution is -1.83. The zero-order valence-electron chi connectivity index (χ0n) is 5.16. The molecular weight excluding hydrogens is 132 g/mol. The Kier molecular flexibility index (Phi) is 2.08. The first-order valence-corrected chi connectivity index (χ1v) is 3.50. The van der Waals surface area contributed by atoms with Gasteiger partial charge in [-0.3, -0.25) is 5.14 Å². The Morgan fingerprint density at radius 1 is 1.56 bits per heavy atom. The highest BCUT2D eigenvalue weighted by molar-refractivity contribution is 7.97. The fraction of sp³-hybridized carbons (Fsp3) is 0.167. The van der Waals surface area contributed by atoms with Crippen molar-refractivity contribution in [2.24, 2.45) is 5.14 Å². The molecule has 2 nitrogen and oxygen atoms in total. The number of aryl methyl sites for hydroxylation is 1. The largest absolute Gasteiger partial charge is 0.272 e. The van der Waals surface area contributed by atoms with Crippen molar-refractivity contribution in [1.29, 1.82) is 0 Å². The highest BCUT2D eigenvalue weighted by Gasteiger charge is 1.87. The molecule has 1 rings (SSSR count). The number of rotatable bonds is 1. The van der Waals surface area contributed by atoms with Crippen LogP contribution in [0.3, 0.4) is 0 Å². The Labute approximate surface area is 58.6 Å². The average Bonchev–Trinajstić information content (AvgIpc) is 1.90. The van der Waals surface area contributed by atoms with Crippen molar-refractivity contribution in [3.63, 3.8) is 0 Å². The van der Waals surface area contributed by atoms with Crippen molar-refractivity contribution in [1.82, 2.24) is 4.98 Å². The van der Waals surface area contributed by atoms with Gasteiger partial charge in [-0.15, -0.1) is 0 Å². The first-order valence-electron chi connectivity index (χ1n) is 2.62. The van der Waals surface area contributed by atoms with Gasteiger partial charge in [-0.25, -0.2) is 4.98 Å². The molecule has 1 aromatic rings. The van der Waals surface area contributed by atoms with Crippen LogP contribution in [-0.4, -0.2) is 4.98 Å². The minimum Gasteiger partial charge on any atom is -0.272 e. The Hall–Kier alpha value is -0.540. The fourth-order valence-corrected chi connectivity index (χ4v) is 0.784. The van der Waals surface area contributed by atoms with Gasteiger partial charge in [0.2, 0.25) is 0 Å². The van der Waals surface area contributed by atoms with Crippen LogP contribution in [-0.2, 0) is 0 Å². The Morgan fingerprint density at radius 2 is 2.33 bits per heavy atom. The predicted molar refractivity (Wildman–Crippen MR) is 39.0 cm³/mol. The van der Waals surface area contributed by atoms with Crippen LogP contribution in [0.4, 0.5) is 0 Å². The van der Waals surface area contributed by atoms with Gasteiger partial charge >= 0.3 is 0 Å². The van der Waals surface area contributed by atoms with Crippen LogP contribution in [0.2, 0.25) is 0 Å². The lowest BCUT2D eigenvalue weighted by Gasteiger charge is -1.92. The summed E-state index contributed by atoms with van der Waals surface area (Å²) in [5.74, 6) is 0. The third-order valence-corrected chi connectivity index (χ3v) is 1.49. The summed E-state index contributed by atoms with van der Waals surface area (Å²) in [6, 6.07) is 3.89. The van der Waals surface area contributed by atoms with Gasteiger partial charge in [-0.05, 0) is 30.5 Å². The highest BCUT2D eigenvalue weighted by atomic mass is 32.2. The minimum absolute atomic E-state index is 0.862. The Morgan fingerprint density at radius 3 is 2.78 bits per heavy atom. The molecule has 0 amide bonds. The molecular formula is C6H8N2S. The second kappa shape index (κ2) is 2.85. The summed E-state index contributed by atoms with van der Waals surface area (Å²) in [6.45, 7) is 2.00. The van der Waals surface area contributed by atoms with E-state index in [1.165, 1.54) is 11.9 Å². The van der Waals surface area contributed by atoms with Gasteiger partial charge < -0.3 is 0 Å². The zero-order chi connectivity index (χ0) is 6.69. The Balaban J connectivity index is 2.88. The number of nitrogens with zero attached hydrogens (tertiary/aromatic N) is 1. The van der Waals surface area contributed by atoms with Crippen LogP contribution >= 0.6 is 11.9 Å². The molecule has 48 valence electrons. The van der Waals surface area contributed by atoms with E-state index >= 15 is 0 Å². The molecule has 0 bridgehead atoms. The van der Waals surface area contributed by atoms with Crippen molar-refractivity contribution in [3.05, 3.63) is 23.9 Å². The predicted octanol–water partition coefficient (Wildman–Crippen LogP) is 1.36. The quantitative estimate of drug-likeness (QED) is 0.598. The number of hydrogen-bond donors (Lipinski definition) is 1. The maximum atomic E-state index is 5.25. The monoisotopic (exact) mass is 140 g/mol. The second-order valence-electron chi connectivity index (χ2n) is 1.79. The molecule has 0 unspecified atom stereocenters. The van der Waals surface area contributed by atoms with Crippen molar-refractivity contribution in [2.45, 2.75) is 11.9 Å². The summed E-state index contributed by atoms with van der Waals surface area (Å²) < 4.78 is 0. The van der Waals surface area contributed by atoms with Gasteiger partial charge in [0.15, 0.2) is 0 Å². The van der Waals surface area contributed by atoms with E-state index < -0.39 is 0 Å². The van der Waals surface area contributed by atoms with Gasteiger partial charge in [-0.2, -0.15) is 0 Å².